The molecule has 0 amide bonds. The lowest BCUT2D eigenvalue weighted by Crippen LogP contribution is -1.94. The van der Waals surface area contributed by atoms with E-state index in [0.717, 1.165) is 0 Å². The van der Waals surface area contributed by atoms with Gasteiger partial charge >= 0.3 is 0 Å². The van der Waals surface area contributed by atoms with Crippen LogP contribution in [0.3, 0.4) is 0 Å². The fourth-order valence-corrected chi connectivity index (χ4v) is 10.4. The average molecular weight is 717 g/mol. The largest absolute Gasteiger partial charge is 0.135 e. The summed E-state index contributed by atoms with van der Waals surface area (Å²) in [5, 5.41) is 12.7. The van der Waals surface area contributed by atoms with Crippen LogP contribution in [0.5, 0.6) is 0 Å². The van der Waals surface area contributed by atoms with Crippen molar-refractivity contribution in [2.24, 2.45) is 0 Å². The first-order valence-corrected chi connectivity index (χ1v) is 19.9. The molecule has 10 aromatic carbocycles. The summed E-state index contributed by atoms with van der Waals surface area (Å²) in [5.74, 6) is 0. The molecule has 0 aliphatic heterocycles. The van der Waals surface area contributed by atoms with Crippen molar-refractivity contribution in [3.05, 3.63) is 193 Å². The van der Waals surface area contributed by atoms with E-state index in [1.807, 2.05) is 11.3 Å². The molecule has 0 nitrogen and oxygen atoms in total. The fourth-order valence-electron chi connectivity index (χ4n) is 9.10. The summed E-state index contributed by atoms with van der Waals surface area (Å²) in [6, 6.07) is 67.8. The van der Waals surface area contributed by atoms with Gasteiger partial charge in [0.1, 0.15) is 0 Å². The summed E-state index contributed by atoms with van der Waals surface area (Å²) in [5.41, 5.74) is 12.8. The Labute approximate surface area is 324 Å². The van der Waals surface area contributed by atoms with Crippen molar-refractivity contribution in [2.75, 3.05) is 0 Å². The molecule has 0 N–H and O–H groups in total. The zero-order chi connectivity index (χ0) is 36.6. The van der Waals surface area contributed by atoms with Crippen LogP contribution in [-0.2, 0) is 0 Å². The van der Waals surface area contributed by atoms with E-state index in [1.165, 1.54) is 119 Å². The predicted molar refractivity (Wildman–Crippen MR) is 241 cm³/mol. The van der Waals surface area contributed by atoms with Crippen LogP contribution in [-0.4, -0.2) is 0 Å². The molecule has 0 spiro atoms. The van der Waals surface area contributed by atoms with E-state index in [0.29, 0.717) is 0 Å². The SMILES string of the molecule is Cc1ccccc1-c1cc2c(sc3ccccc32)c(-c2ccc3c(-c4ccc5ccccc5c4)c4ccccc4c(-c4ccc5ccccc5c4)c3c2)c1C. The number of hydrogen-bond acceptors (Lipinski definition) is 1. The molecule has 0 fully saturated rings. The first kappa shape index (κ1) is 31.9. The second-order valence-corrected chi connectivity index (χ2v) is 15.9. The van der Waals surface area contributed by atoms with Gasteiger partial charge in [-0.3, -0.25) is 0 Å². The van der Waals surface area contributed by atoms with Gasteiger partial charge in [-0.05, 0) is 137 Å². The summed E-state index contributed by atoms with van der Waals surface area (Å²) in [6.45, 7) is 4.56. The summed E-state index contributed by atoms with van der Waals surface area (Å²) in [4.78, 5) is 0. The lowest BCUT2D eigenvalue weighted by Gasteiger charge is -2.20. The standard InChI is InChI=1S/C54H36S/c1-33-13-3-8-18-42(33)47-32-49-43-19-11-12-22-50(43)55-54(49)51(34(47)2)41-27-28-46-48(31-41)53(40-26-24-36-15-5-7-17-38(36)30-40)45-21-10-9-20-44(45)52(46)39-25-23-35-14-4-6-16-37(35)29-39/h3-32H,1-2H3. The Kier molecular flexibility index (Phi) is 7.27. The average Bonchev–Trinajstić information content (AvgIpc) is 3.60. The Morgan fingerprint density at radius 2 is 0.836 bits per heavy atom. The normalized spacial score (nSPS) is 11.8. The van der Waals surface area contributed by atoms with Gasteiger partial charge in [-0.25, -0.2) is 0 Å². The van der Waals surface area contributed by atoms with Crippen LogP contribution in [0.25, 0.3) is 108 Å². The van der Waals surface area contributed by atoms with Gasteiger partial charge in [-0.2, -0.15) is 0 Å². The van der Waals surface area contributed by atoms with E-state index in [2.05, 4.69) is 196 Å². The third-order valence-corrected chi connectivity index (χ3v) is 13.0. The van der Waals surface area contributed by atoms with Crippen LogP contribution in [0, 0.1) is 13.8 Å². The first-order valence-electron chi connectivity index (χ1n) is 19.1. The molecule has 0 saturated heterocycles. The lowest BCUT2D eigenvalue weighted by molar-refractivity contribution is 1.42. The Balaban J connectivity index is 1.28. The highest BCUT2D eigenvalue weighted by molar-refractivity contribution is 7.26. The Morgan fingerprint density at radius 3 is 1.51 bits per heavy atom. The van der Waals surface area contributed by atoms with E-state index in [9.17, 15) is 0 Å². The van der Waals surface area contributed by atoms with Gasteiger partial charge < -0.3 is 0 Å². The molecule has 0 aliphatic rings. The molecule has 1 heteroatoms. The molecule has 0 radical (unpaired) electrons. The quantitative estimate of drug-likeness (QED) is 0.159. The Bertz CT molecular complexity index is 3340. The van der Waals surface area contributed by atoms with E-state index in [4.69, 9.17) is 0 Å². The van der Waals surface area contributed by atoms with Gasteiger partial charge in [0.25, 0.3) is 0 Å². The molecule has 0 saturated carbocycles. The monoisotopic (exact) mass is 716 g/mol. The molecule has 11 aromatic rings. The molecule has 55 heavy (non-hydrogen) atoms. The molecule has 0 unspecified atom stereocenters. The van der Waals surface area contributed by atoms with Gasteiger partial charge in [0.15, 0.2) is 0 Å². The summed E-state index contributed by atoms with van der Waals surface area (Å²) in [6.07, 6.45) is 0. The number of aryl methyl sites for hydroxylation is 1. The minimum Gasteiger partial charge on any atom is -0.135 e. The Morgan fingerprint density at radius 1 is 0.327 bits per heavy atom. The van der Waals surface area contributed by atoms with E-state index in [-0.39, 0.29) is 0 Å². The van der Waals surface area contributed by atoms with Gasteiger partial charge in [0, 0.05) is 25.7 Å². The number of hydrogen-bond donors (Lipinski definition) is 0. The van der Waals surface area contributed by atoms with Crippen molar-refractivity contribution in [2.45, 2.75) is 13.8 Å². The topological polar surface area (TPSA) is 0 Å². The molecule has 0 bridgehead atoms. The number of benzene rings is 10. The molecule has 258 valence electrons. The predicted octanol–water partition coefficient (Wildman–Crippen LogP) is 16.0. The number of fused-ring (bicyclic) bond motifs is 7. The van der Waals surface area contributed by atoms with Gasteiger partial charge in [0.2, 0.25) is 0 Å². The molecule has 11 rings (SSSR count). The highest BCUT2D eigenvalue weighted by atomic mass is 32.1. The van der Waals surface area contributed by atoms with Gasteiger partial charge in [-0.1, -0.05) is 152 Å². The van der Waals surface area contributed by atoms with Crippen LogP contribution < -0.4 is 0 Å². The Hall–Kier alpha value is -6.54. The van der Waals surface area contributed by atoms with Crippen LogP contribution in [0.15, 0.2) is 182 Å². The molecular weight excluding hydrogens is 681 g/mol. The maximum atomic E-state index is 2.50. The highest BCUT2D eigenvalue weighted by Crippen LogP contribution is 2.49. The van der Waals surface area contributed by atoms with E-state index < -0.39 is 0 Å². The lowest BCUT2D eigenvalue weighted by atomic mass is 9.83. The second kappa shape index (κ2) is 12.5. The maximum Gasteiger partial charge on any atom is 0.0436 e. The highest BCUT2D eigenvalue weighted by Gasteiger charge is 2.22. The molecular formula is C54H36S. The first-order chi connectivity index (χ1) is 27.1. The summed E-state index contributed by atoms with van der Waals surface area (Å²) in [7, 11) is 0. The third-order valence-electron chi connectivity index (χ3n) is 11.8. The number of thiophene rings is 1. The molecule has 0 aliphatic carbocycles. The van der Waals surface area contributed by atoms with Crippen LogP contribution in [0.4, 0.5) is 0 Å². The fraction of sp³-hybridized carbons (Fsp3) is 0.0370. The third kappa shape index (κ3) is 5.04. The van der Waals surface area contributed by atoms with Crippen molar-refractivity contribution < 1.29 is 0 Å². The van der Waals surface area contributed by atoms with Crippen molar-refractivity contribution in [1.82, 2.24) is 0 Å². The second-order valence-electron chi connectivity index (χ2n) is 14.9. The molecule has 1 aromatic heterocycles. The number of rotatable bonds is 4. The molecule has 1 heterocycles. The summed E-state index contributed by atoms with van der Waals surface area (Å²) >= 11 is 1.92. The molecule has 0 atom stereocenters. The van der Waals surface area contributed by atoms with Crippen LogP contribution in [0.1, 0.15) is 11.1 Å². The van der Waals surface area contributed by atoms with Crippen LogP contribution in [0.2, 0.25) is 0 Å². The van der Waals surface area contributed by atoms with Crippen LogP contribution >= 0.6 is 11.3 Å². The zero-order valence-electron chi connectivity index (χ0n) is 30.7. The zero-order valence-corrected chi connectivity index (χ0v) is 31.5. The summed E-state index contributed by atoms with van der Waals surface area (Å²) < 4.78 is 2.67. The minimum absolute atomic E-state index is 1.24. The minimum atomic E-state index is 1.24. The van der Waals surface area contributed by atoms with Crippen molar-refractivity contribution in [3.63, 3.8) is 0 Å². The maximum absolute atomic E-state index is 2.50. The van der Waals surface area contributed by atoms with Crippen molar-refractivity contribution >= 4 is 74.6 Å². The van der Waals surface area contributed by atoms with Gasteiger partial charge in [-0.15, -0.1) is 11.3 Å². The van der Waals surface area contributed by atoms with E-state index >= 15 is 0 Å². The van der Waals surface area contributed by atoms with Gasteiger partial charge in [0.05, 0.1) is 0 Å². The van der Waals surface area contributed by atoms with Crippen molar-refractivity contribution in [1.29, 1.82) is 0 Å². The smallest absolute Gasteiger partial charge is 0.0436 e. The van der Waals surface area contributed by atoms with E-state index in [1.54, 1.807) is 0 Å². The van der Waals surface area contributed by atoms with Crippen molar-refractivity contribution in [3.8, 4) is 44.5 Å².